The lowest BCUT2D eigenvalue weighted by Crippen LogP contribution is -2.63. The second-order valence-corrected chi connectivity index (χ2v) is 10.1. The summed E-state index contributed by atoms with van der Waals surface area (Å²) in [5, 5.41) is 32.2. The molecule has 5 nitrogen and oxygen atoms in total. The molecule has 0 radical (unpaired) electrons. The lowest BCUT2D eigenvalue weighted by atomic mass is 9.45. The van der Waals surface area contributed by atoms with E-state index in [2.05, 4.69) is 6.92 Å². The highest BCUT2D eigenvalue weighted by Crippen LogP contribution is 2.68. The van der Waals surface area contributed by atoms with Crippen LogP contribution in [0.2, 0.25) is 0 Å². The van der Waals surface area contributed by atoms with Gasteiger partial charge in [0.2, 0.25) is 0 Å². The van der Waals surface area contributed by atoms with Crippen LogP contribution >= 0.6 is 0 Å². The van der Waals surface area contributed by atoms with Gasteiger partial charge in [0.05, 0.1) is 6.10 Å². The van der Waals surface area contributed by atoms with E-state index in [9.17, 15) is 24.9 Å². The van der Waals surface area contributed by atoms with Crippen LogP contribution in [0.4, 0.5) is 0 Å². The van der Waals surface area contributed by atoms with Crippen molar-refractivity contribution in [2.75, 3.05) is 6.61 Å². The maximum absolute atomic E-state index is 12.6. The molecule has 0 bridgehead atoms. The maximum Gasteiger partial charge on any atom is 0.190 e. The predicted octanol–water partition coefficient (Wildman–Crippen LogP) is 2.03. The standard InChI is InChI=1S/C22H32O5/c1-12-8-16-15-5-4-13-9-14(24)6-7-20(13,2)19(15)17(25)10-21(16,3)22(12,27)18(26)11-23/h9,12,15-17,19,23,25,27H,4-8,10-11H2,1-3H3/t12-,15+,16?,17+,19?,20+,21+,22+/m1/s1. The number of hydrogen-bond donors (Lipinski definition) is 3. The monoisotopic (exact) mass is 376 g/mol. The molecule has 5 heteroatoms. The zero-order chi connectivity index (χ0) is 19.8. The Morgan fingerprint density at radius 2 is 2.00 bits per heavy atom. The molecule has 27 heavy (non-hydrogen) atoms. The van der Waals surface area contributed by atoms with Crippen molar-refractivity contribution in [1.82, 2.24) is 0 Å². The van der Waals surface area contributed by atoms with E-state index in [0.29, 0.717) is 12.8 Å². The van der Waals surface area contributed by atoms with Gasteiger partial charge >= 0.3 is 0 Å². The average Bonchev–Trinajstić information content (AvgIpc) is 2.82. The molecule has 0 aromatic carbocycles. The Balaban J connectivity index is 1.77. The third-order valence-electron chi connectivity index (χ3n) is 9.05. The average molecular weight is 376 g/mol. The number of aliphatic hydroxyl groups excluding tert-OH is 2. The molecule has 0 amide bonds. The molecule has 0 heterocycles. The predicted molar refractivity (Wildman–Crippen MR) is 99.7 cm³/mol. The van der Waals surface area contributed by atoms with Crippen molar-refractivity contribution < 1.29 is 24.9 Å². The molecule has 0 aliphatic heterocycles. The number of allylic oxidation sites excluding steroid dienone is 1. The van der Waals surface area contributed by atoms with Gasteiger partial charge in [-0.2, -0.15) is 0 Å². The molecule has 4 aliphatic rings. The minimum Gasteiger partial charge on any atom is -0.393 e. The molecule has 3 fully saturated rings. The fourth-order valence-electron chi connectivity index (χ4n) is 7.74. The Kier molecular flexibility index (Phi) is 4.27. The van der Waals surface area contributed by atoms with Crippen LogP contribution in [0.5, 0.6) is 0 Å². The zero-order valence-corrected chi connectivity index (χ0v) is 16.6. The van der Waals surface area contributed by atoms with Gasteiger partial charge in [0.15, 0.2) is 11.6 Å². The van der Waals surface area contributed by atoms with Crippen LogP contribution in [0.3, 0.4) is 0 Å². The Bertz CT molecular complexity index is 713. The van der Waals surface area contributed by atoms with Gasteiger partial charge in [-0.15, -0.1) is 0 Å². The van der Waals surface area contributed by atoms with Gasteiger partial charge in [-0.1, -0.05) is 26.3 Å². The molecular formula is C22H32O5. The molecule has 4 rings (SSSR count). The van der Waals surface area contributed by atoms with Crippen LogP contribution in [-0.2, 0) is 9.59 Å². The molecule has 4 aliphatic carbocycles. The van der Waals surface area contributed by atoms with E-state index in [1.807, 2.05) is 19.9 Å². The van der Waals surface area contributed by atoms with Crippen molar-refractivity contribution in [3.8, 4) is 0 Å². The van der Waals surface area contributed by atoms with Crippen molar-refractivity contribution in [3.63, 3.8) is 0 Å². The van der Waals surface area contributed by atoms with E-state index in [1.165, 1.54) is 5.57 Å². The van der Waals surface area contributed by atoms with Gasteiger partial charge in [0.25, 0.3) is 0 Å². The first-order chi connectivity index (χ1) is 12.6. The van der Waals surface area contributed by atoms with E-state index < -0.39 is 29.5 Å². The maximum atomic E-state index is 12.6. The van der Waals surface area contributed by atoms with Crippen molar-refractivity contribution >= 4 is 11.6 Å². The van der Waals surface area contributed by atoms with Crippen molar-refractivity contribution in [2.24, 2.45) is 34.5 Å². The second kappa shape index (κ2) is 5.98. The Labute approximate surface area is 160 Å². The summed E-state index contributed by atoms with van der Waals surface area (Å²) in [5.74, 6) is -0.155. The number of rotatable bonds is 2. The molecule has 2 unspecified atom stereocenters. The van der Waals surface area contributed by atoms with Crippen LogP contribution < -0.4 is 0 Å². The van der Waals surface area contributed by atoms with E-state index in [1.54, 1.807) is 0 Å². The fourth-order valence-corrected chi connectivity index (χ4v) is 7.74. The number of hydrogen-bond acceptors (Lipinski definition) is 5. The molecule has 3 N–H and O–H groups in total. The number of carbonyl (C=O) groups excluding carboxylic acids is 2. The summed E-state index contributed by atoms with van der Waals surface area (Å²) in [6.07, 6.45) is 5.32. The van der Waals surface area contributed by atoms with Gasteiger partial charge in [-0.3, -0.25) is 9.59 Å². The van der Waals surface area contributed by atoms with Gasteiger partial charge in [-0.05, 0) is 67.3 Å². The van der Waals surface area contributed by atoms with Crippen LogP contribution in [0, 0.1) is 34.5 Å². The summed E-state index contributed by atoms with van der Waals surface area (Å²) in [4.78, 5) is 24.5. The van der Waals surface area contributed by atoms with Crippen LogP contribution in [0.25, 0.3) is 0 Å². The van der Waals surface area contributed by atoms with Crippen LogP contribution in [-0.4, -0.2) is 45.2 Å². The van der Waals surface area contributed by atoms with E-state index >= 15 is 0 Å². The summed E-state index contributed by atoms with van der Waals surface area (Å²) < 4.78 is 0. The summed E-state index contributed by atoms with van der Waals surface area (Å²) in [6.45, 7) is 5.36. The largest absolute Gasteiger partial charge is 0.393 e. The van der Waals surface area contributed by atoms with E-state index in [0.717, 1.165) is 25.7 Å². The molecule has 8 atom stereocenters. The number of carbonyl (C=O) groups is 2. The zero-order valence-electron chi connectivity index (χ0n) is 16.6. The summed E-state index contributed by atoms with van der Waals surface area (Å²) in [5.41, 5.74) is -1.31. The van der Waals surface area contributed by atoms with Crippen molar-refractivity contribution in [3.05, 3.63) is 11.6 Å². The third kappa shape index (κ3) is 2.28. The molecule has 0 aromatic heterocycles. The summed E-state index contributed by atoms with van der Waals surface area (Å²) in [7, 11) is 0. The number of Topliss-reactive ketones (excluding diaryl/α,β-unsaturated/α-hetero) is 1. The van der Waals surface area contributed by atoms with Gasteiger partial charge in [-0.25, -0.2) is 0 Å². The molecule has 3 saturated carbocycles. The first kappa shape index (κ1) is 19.3. The highest BCUT2D eigenvalue weighted by Gasteiger charge is 2.70. The lowest BCUT2D eigenvalue weighted by Gasteiger charge is -2.60. The van der Waals surface area contributed by atoms with Crippen LogP contribution in [0.1, 0.15) is 59.3 Å². The van der Waals surface area contributed by atoms with Gasteiger partial charge in [0.1, 0.15) is 12.2 Å². The minimum atomic E-state index is -1.59. The first-order valence-corrected chi connectivity index (χ1v) is 10.4. The molecule has 0 aromatic rings. The summed E-state index contributed by atoms with van der Waals surface area (Å²) >= 11 is 0. The smallest absolute Gasteiger partial charge is 0.190 e. The highest BCUT2D eigenvalue weighted by atomic mass is 16.3. The van der Waals surface area contributed by atoms with Crippen molar-refractivity contribution in [1.29, 1.82) is 0 Å². The topological polar surface area (TPSA) is 94.8 Å². The number of aliphatic hydroxyl groups is 3. The second-order valence-electron chi connectivity index (χ2n) is 10.1. The van der Waals surface area contributed by atoms with Gasteiger partial charge in [0, 0.05) is 11.8 Å². The first-order valence-electron chi connectivity index (χ1n) is 10.4. The van der Waals surface area contributed by atoms with E-state index in [-0.39, 0.29) is 34.9 Å². The quantitative estimate of drug-likeness (QED) is 0.685. The van der Waals surface area contributed by atoms with Crippen LogP contribution in [0.15, 0.2) is 11.6 Å². The molecule has 0 spiro atoms. The van der Waals surface area contributed by atoms with Crippen molar-refractivity contribution in [2.45, 2.75) is 71.0 Å². The molecule has 0 saturated heterocycles. The Hall–Kier alpha value is -1.04. The number of ketones is 2. The van der Waals surface area contributed by atoms with E-state index in [4.69, 9.17) is 0 Å². The highest BCUT2D eigenvalue weighted by molar-refractivity contribution is 5.92. The Morgan fingerprint density at radius 1 is 1.30 bits per heavy atom. The molecule has 150 valence electrons. The lowest BCUT2D eigenvalue weighted by molar-refractivity contribution is -0.187. The third-order valence-corrected chi connectivity index (χ3v) is 9.05. The SMILES string of the molecule is C[C@@H]1CC2[C@@H]3CCC4=CC(=O)CC[C@]4(C)C3[C@@H](O)C[C@]2(C)[C@@]1(O)C(=O)CO. The summed E-state index contributed by atoms with van der Waals surface area (Å²) in [6, 6.07) is 0. The minimum absolute atomic E-state index is 0.0578. The normalized spacial score (nSPS) is 51.9. The fraction of sp³-hybridized carbons (Fsp3) is 0.818. The number of fused-ring (bicyclic) bond motifs is 5. The molecular weight excluding hydrogens is 344 g/mol. The Morgan fingerprint density at radius 3 is 2.67 bits per heavy atom. The van der Waals surface area contributed by atoms with Gasteiger partial charge < -0.3 is 15.3 Å².